The smallest absolute Gasteiger partial charge is 0.375 e. The minimum absolute atomic E-state index is 0.139. The molecule has 5 heteroatoms. The third-order valence-corrected chi connectivity index (χ3v) is 5.99. The van der Waals surface area contributed by atoms with Crippen molar-refractivity contribution in [2.45, 2.75) is 63.3 Å². The second-order valence-electron chi connectivity index (χ2n) is 8.78. The van der Waals surface area contributed by atoms with Crippen molar-refractivity contribution in [1.29, 1.82) is 0 Å². The molecular weight excluding hydrogens is 375 g/mol. The Bertz CT molecular complexity index is 803. The fourth-order valence-corrected chi connectivity index (χ4v) is 4.23. The summed E-state index contributed by atoms with van der Waals surface area (Å²) in [6, 6.07) is 15.9. The van der Waals surface area contributed by atoms with E-state index in [1.54, 1.807) is 6.07 Å². The Hall–Kier alpha value is -1.85. The van der Waals surface area contributed by atoms with Gasteiger partial charge in [0.25, 0.3) is 0 Å². The van der Waals surface area contributed by atoms with E-state index >= 15 is 0 Å². The number of halogens is 3. The zero-order valence-corrected chi connectivity index (χ0v) is 17.4. The molecule has 2 atom stereocenters. The first-order chi connectivity index (χ1) is 13.6. The van der Waals surface area contributed by atoms with E-state index in [1.165, 1.54) is 12.1 Å². The lowest BCUT2D eigenvalue weighted by atomic mass is 9.73. The van der Waals surface area contributed by atoms with Crippen molar-refractivity contribution in [2.24, 2.45) is 0 Å². The molecule has 0 aromatic heterocycles. The molecule has 0 aliphatic carbocycles. The molecule has 0 bridgehead atoms. The molecule has 0 spiro atoms. The molecule has 1 heterocycles. The summed E-state index contributed by atoms with van der Waals surface area (Å²) in [5.74, 6) is 0. The van der Waals surface area contributed by atoms with Gasteiger partial charge >= 0.3 is 6.18 Å². The lowest BCUT2D eigenvalue weighted by molar-refractivity contribution is -0.137. The monoisotopic (exact) mass is 405 g/mol. The predicted molar refractivity (Wildman–Crippen MR) is 110 cm³/mol. The summed E-state index contributed by atoms with van der Waals surface area (Å²) in [7, 11) is 0. The van der Waals surface area contributed by atoms with Crippen molar-refractivity contribution in [1.82, 2.24) is 5.32 Å². The van der Waals surface area contributed by atoms with Crippen LogP contribution in [0.2, 0.25) is 0 Å². The molecule has 2 aromatic rings. The summed E-state index contributed by atoms with van der Waals surface area (Å²) in [4.78, 5) is 0. The van der Waals surface area contributed by atoms with Gasteiger partial charge in [-0.05, 0) is 56.8 Å². The van der Waals surface area contributed by atoms with Gasteiger partial charge in [0.2, 0.25) is 0 Å². The maximum absolute atomic E-state index is 13.3. The molecule has 29 heavy (non-hydrogen) atoms. The standard InChI is InChI=1S/C24H30F3NO/c1-22(2)17-21(12-15-29-22)28-14-13-23(3,18-8-5-4-6-9-18)19-10-7-11-20(16-19)24(25,26)27/h4-11,16,21,28H,12-15,17H2,1-3H3/t21-,23-/m1/s1. The Kier molecular flexibility index (Phi) is 6.39. The summed E-state index contributed by atoms with van der Waals surface area (Å²) in [5, 5.41) is 3.62. The van der Waals surface area contributed by atoms with Gasteiger partial charge in [0.15, 0.2) is 0 Å². The second-order valence-corrected chi connectivity index (χ2v) is 8.78. The third-order valence-electron chi connectivity index (χ3n) is 5.99. The molecule has 158 valence electrons. The molecule has 2 aromatic carbocycles. The number of rotatable bonds is 6. The van der Waals surface area contributed by atoms with Gasteiger partial charge in [-0.15, -0.1) is 0 Å². The van der Waals surface area contributed by atoms with Crippen LogP contribution in [-0.4, -0.2) is 24.8 Å². The highest BCUT2D eigenvalue weighted by molar-refractivity contribution is 5.40. The number of hydrogen-bond donors (Lipinski definition) is 1. The van der Waals surface area contributed by atoms with E-state index < -0.39 is 17.2 Å². The molecule has 0 amide bonds. The molecule has 1 aliphatic heterocycles. The molecule has 1 fully saturated rings. The van der Waals surface area contributed by atoms with Gasteiger partial charge in [-0.1, -0.05) is 55.5 Å². The average molecular weight is 406 g/mol. The van der Waals surface area contributed by atoms with Gasteiger partial charge in [-0.3, -0.25) is 0 Å². The fourth-order valence-electron chi connectivity index (χ4n) is 4.23. The van der Waals surface area contributed by atoms with E-state index in [9.17, 15) is 13.2 Å². The summed E-state index contributed by atoms with van der Waals surface area (Å²) in [6.07, 6.45) is -1.76. The Balaban J connectivity index is 1.82. The Morgan fingerprint density at radius 3 is 2.31 bits per heavy atom. The zero-order valence-electron chi connectivity index (χ0n) is 17.4. The molecule has 0 saturated carbocycles. The largest absolute Gasteiger partial charge is 0.416 e. The summed E-state index contributed by atoms with van der Waals surface area (Å²) >= 11 is 0. The number of hydrogen-bond acceptors (Lipinski definition) is 2. The Morgan fingerprint density at radius 2 is 1.66 bits per heavy atom. The fraction of sp³-hybridized carbons (Fsp3) is 0.500. The summed E-state index contributed by atoms with van der Waals surface area (Å²) in [6.45, 7) is 7.68. The molecule has 0 unspecified atom stereocenters. The highest BCUT2D eigenvalue weighted by Crippen LogP contribution is 2.38. The SMILES string of the molecule is CC1(C)C[C@H](NCC[C@](C)(c2ccccc2)c2cccc(C(F)(F)F)c2)CCO1. The maximum atomic E-state index is 13.3. The van der Waals surface area contributed by atoms with E-state index in [4.69, 9.17) is 4.74 Å². The van der Waals surface area contributed by atoms with Crippen LogP contribution in [0.3, 0.4) is 0 Å². The molecule has 1 saturated heterocycles. The quantitative estimate of drug-likeness (QED) is 0.641. The highest BCUT2D eigenvalue weighted by Gasteiger charge is 2.35. The molecule has 0 radical (unpaired) electrons. The first-order valence-corrected chi connectivity index (χ1v) is 10.2. The van der Waals surface area contributed by atoms with E-state index in [0.717, 1.165) is 37.6 Å². The second kappa shape index (κ2) is 8.49. The van der Waals surface area contributed by atoms with Crippen molar-refractivity contribution in [3.05, 3.63) is 71.3 Å². The Morgan fingerprint density at radius 1 is 1.00 bits per heavy atom. The van der Waals surface area contributed by atoms with Gasteiger partial charge in [0.05, 0.1) is 11.2 Å². The van der Waals surface area contributed by atoms with E-state index in [2.05, 4.69) is 19.2 Å². The van der Waals surface area contributed by atoms with Crippen LogP contribution in [0.1, 0.15) is 56.7 Å². The Labute approximate surface area is 171 Å². The predicted octanol–water partition coefficient (Wildman–Crippen LogP) is 5.95. The number of ether oxygens (including phenoxy) is 1. The molecule has 1 N–H and O–H groups in total. The molecular formula is C24H30F3NO. The van der Waals surface area contributed by atoms with Crippen molar-refractivity contribution in [3.63, 3.8) is 0 Å². The van der Waals surface area contributed by atoms with Crippen LogP contribution >= 0.6 is 0 Å². The van der Waals surface area contributed by atoms with Crippen LogP contribution in [0.15, 0.2) is 54.6 Å². The number of alkyl halides is 3. The first-order valence-electron chi connectivity index (χ1n) is 10.2. The van der Waals surface area contributed by atoms with Gasteiger partial charge in [0, 0.05) is 18.1 Å². The minimum Gasteiger partial charge on any atom is -0.375 e. The van der Waals surface area contributed by atoms with Gasteiger partial charge in [-0.2, -0.15) is 13.2 Å². The van der Waals surface area contributed by atoms with Crippen LogP contribution in [0, 0.1) is 0 Å². The van der Waals surface area contributed by atoms with Crippen molar-refractivity contribution in [3.8, 4) is 0 Å². The van der Waals surface area contributed by atoms with Crippen LogP contribution in [0.5, 0.6) is 0 Å². The number of nitrogens with one attached hydrogen (secondary N) is 1. The molecule has 1 aliphatic rings. The normalized spacial score (nSPS) is 21.5. The minimum atomic E-state index is -4.35. The van der Waals surface area contributed by atoms with Gasteiger partial charge in [-0.25, -0.2) is 0 Å². The van der Waals surface area contributed by atoms with E-state index in [0.29, 0.717) is 18.0 Å². The third kappa shape index (κ3) is 5.40. The van der Waals surface area contributed by atoms with Crippen LogP contribution in [0.4, 0.5) is 13.2 Å². The van der Waals surface area contributed by atoms with Crippen molar-refractivity contribution < 1.29 is 17.9 Å². The maximum Gasteiger partial charge on any atom is 0.416 e. The van der Waals surface area contributed by atoms with Gasteiger partial charge in [0.1, 0.15) is 0 Å². The van der Waals surface area contributed by atoms with Gasteiger partial charge < -0.3 is 10.1 Å². The first kappa shape index (κ1) is 21.8. The lowest BCUT2D eigenvalue weighted by Gasteiger charge is -2.37. The topological polar surface area (TPSA) is 21.3 Å². The lowest BCUT2D eigenvalue weighted by Crippen LogP contribution is -2.44. The van der Waals surface area contributed by atoms with E-state index in [1.807, 2.05) is 37.3 Å². The van der Waals surface area contributed by atoms with Crippen molar-refractivity contribution in [2.75, 3.05) is 13.2 Å². The molecule has 2 nitrogen and oxygen atoms in total. The summed E-state index contributed by atoms with van der Waals surface area (Å²) < 4.78 is 45.7. The zero-order chi connectivity index (χ0) is 21.1. The number of benzene rings is 2. The van der Waals surface area contributed by atoms with Crippen LogP contribution < -0.4 is 5.32 Å². The average Bonchev–Trinajstić information content (AvgIpc) is 2.67. The van der Waals surface area contributed by atoms with E-state index in [-0.39, 0.29) is 5.60 Å². The molecule has 3 rings (SSSR count). The highest BCUT2D eigenvalue weighted by atomic mass is 19.4. The summed E-state index contributed by atoms with van der Waals surface area (Å²) in [5.41, 5.74) is 0.452. The van der Waals surface area contributed by atoms with Crippen LogP contribution in [-0.2, 0) is 16.3 Å². The van der Waals surface area contributed by atoms with Crippen molar-refractivity contribution >= 4 is 0 Å². The van der Waals surface area contributed by atoms with Crippen LogP contribution in [0.25, 0.3) is 0 Å².